The molecule has 1 unspecified atom stereocenters. The Labute approximate surface area is 196 Å². The molecule has 3 amide bonds. The lowest BCUT2D eigenvalue weighted by Crippen LogP contribution is -2.41. The molecule has 0 saturated heterocycles. The van der Waals surface area contributed by atoms with Gasteiger partial charge in [-0.3, -0.25) is 24.1 Å². The van der Waals surface area contributed by atoms with Crippen LogP contribution in [0, 0.1) is 0 Å². The van der Waals surface area contributed by atoms with Gasteiger partial charge in [0.2, 0.25) is 0 Å². The molecule has 5 rings (SSSR count). The number of anilines is 1. The lowest BCUT2D eigenvalue weighted by atomic mass is 9.94. The number of carbonyl (C=O) groups excluding carboxylic acids is 4. The third-order valence-electron chi connectivity index (χ3n) is 6.45. The number of amides is 3. The maximum Gasteiger partial charge on any atom is 0.306 e. The average molecular weight is 456 g/mol. The van der Waals surface area contributed by atoms with Gasteiger partial charge < -0.3 is 9.64 Å². The largest absolute Gasteiger partial charge is 0.456 e. The second kappa shape index (κ2) is 8.74. The number of para-hydroxylation sites is 1. The van der Waals surface area contributed by atoms with Gasteiger partial charge in [0.25, 0.3) is 17.7 Å². The molecule has 7 nitrogen and oxygen atoms in total. The topological polar surface area (TPSA) is 84.0 Å². The van der Waals surface area contributed by atoms with Crippen LogP contribution >= 0.6 is 0 Å². The summed E-state index contributed by atoms with van der Waals surface area (Å²) in [4.78, 5) is 53.6. The molecule has 1 atom stereocenters. The molecule has 0 bridgehead atoms. The Morgan fingerprint density at radius 2 is 1.62 bits per heavy atom. The van der Waals surface area contributed by atoms with Crippen molar-refractivity contribution in [3.63, 3.8) is 0 Å². The second-order valence-electron chi connectivity index (χ2n) is 8.68. The van der Waals surface area contributed by atoms with Crippen LogP contribution in [0.2, 0.25) is 0 Å². The third-order valence-corrected chi connectivity index (χ3v) is 6.45. The average Bonchev–Trinajstić information content (AvgIpc) is 3.18. The van der Waals surface area contributed by atoms with Crippen molar-refractivity contribution in [2.24, 2.45) is 0 Å². The number of carbonyl (C=O) groups is 4. The van der Waals surface area contributed by atoms with Crippen LogP contribution in [0.4, 0.5) is 5.69 Å². The second-order valence-corrected chi connectivity index (χ2v) is 8.68. The van der Waals surface area contributed by atoms with E-state index in [1.54, 1.807) is 29.2 Å². The molecular formula is C27H24N2O5. The molecule has 0 radical (unpaired) electrons. The summed E-state index contributed by atoms with van der Waals surface area (Å²) in [6, 6.07) is 18.5. The van der Waals surface area contributed by atoms with Crippen LogP contribution in [0.25, 0.3) is 10.8 Å². The molecule has 2 aliphatic heterocycles. The summed E-state index contributed by atoms with van der Waals surface area (Å²) >= 11 is 0. The van der Waals surface area contributed by atoms with Crippen molar-refractivity contribution in [2.75, 3.05) is 18.1 Å². The van der Waals surface area contributed by atoms with Crippen LogP contribution in [0.5, 0.6) is 0 Å². The minimum absolute atomic E-state index is 0.00231. The molecule has 0 aromatic heterocycles. The first-order chi connectivity index (χ1) is 16.5. The van der Waals surface area contributed by atoms with Crippen molar-refractivity contribution < 1.29 is 23.9 Å². The number of fused-ring (bicyclic) bond motifs is 1. The predicted molar refractivity (Wildman–Crippen MR) is 127 cm³/mol. The summed E-state index contributed by atoms with van der Waals surface area (Å²) in [7, 11) is 0. The molecule has 3 aromatic rings. The van der Waals surface area contributed by atoms with E-state index in [0.717, 1.165) is 23.1 Å². The highest BCUT2D eigenvalue weighted by Crippen LogP contribution is 2.32. The zero-order valence-corrected chi connectivity index (χ0v) is 18.8. The number of hydrogen-bond donors (Lipinski definition) is 0. The van der Waals surface area contributed by atoms with Crippen LogP contribution in [0.1, 0.15) is 46.0 Å². The molecule has 2 heterocycles. The molecule has 172 valence electrons. The van der Waals surface area contributed by atoms with Crippen LogP contribution in [-0.4, -0.2) is 47.8 Å². The van der Waals surface area contributed by atoms with Crippen molar-refractivity contribution >= 4 is 40.2 Å². The minimum Gasteiger partial charge on any atom is -0.456 e. The minimum atomic E-state index is -0.534. The summed E-state index contributed by atoms with van der Waals surface area (Å²) in [6.07, 6.45) is 1.03. The van der Waals surface area contributed by atoms with E-state index in [1.807, 2.05) is 43.3 Å². The van der Waals surface area contributed by atoms with Crippen molar-refractivity contribution in [3.05, 3.63) is 77.4 Å². The van der Waals surface area contributed by atoms with E-state index in [-0.39, 0.29) is 49.8 Å². The zero-order chi connectivity index (χ0) is 23.8. The molecule has 34 heavy (non-hydrogen) atoms. The summed E-state index contributed by atoms with van der Waals surface area (Å²) in [6.45, 7) is 1.72. The Balaban J connectivity index is 1.16. The first-order valence-electron chi connectivity index (χ1n) is 11.4. The molecule has 0 saturated carbocycles. The number of nitrogens with zero attached hydrogens (tertiary/aromatic N) is 2. The molecule has 7 heteroatoms. The first-order valence-corrected chi connectivity index (χ1v) is 11.4. The maximum atomic E-state index is 12.9. The van der Waals surface area contributed by atoms with Crippen molar-refractivity contribution in [1.82, 2.24) is 4.90 Å². The Morgan fingerprint density at radius 3 is 2.32 bits per heavy atom. The smallest absolute Gasteiger partial charge is 0.306 e. The fourth-order valence-electron chi connectivity index (χ4n) is 4.89. The van der Waals surface area contributed by atoms with E-state index in [4.69, 9.17) is 4.74 Å². The van der Waals surface area contributed by atoms with E-state index in [0.29, 0.717) is 16.5 Å². The van der Waals surface area contributed by atoms with Crippen LogP contribution in [0.3, 0.4) is 0 Å². The van der Waals surface area contributed by atoms with Crippen LogP contribution < -0.4 is 4.90 Å². The van der Waals surface area contributed by atoms with Gasteiger partial charge in [-0.05, 0) is 48.9 Å². The molecule has 0 spiro atoms. The highest BCUT2D eigenvalue weighted by molar-refractivity contribution is 6.25. The summed E-state index contributed by atoms with van der Waals surface area (Å²) in [5.41, 5.74) is 2.93. The summed E-state index contributed by atoms with van der Waals surface area (Å²) < 4.78 is 5.21. The quantitative estimate of drug-likeness (QED) is 0.417. The number of hydrogen-bond acceptors (Lipinski definition) is 5. The maximum absolute atomic E-state index is 12.9. The molecule has 2 aliphatic rings. The standard InChI is InChI=1S/C27H24N2O5/c1-17-15-19-7-2-3-12-22(19)29(17)23(30)16-34-24(31)13-6-14-28-26(32)20-10-4-8-18-9-5-11-21(25(18)20)27(28)33/h2-5,7-12,17H,6,13-16H2,1H3. The van der Waals surface area contributed by atoms with E-state index in [1.165, 1.54) is 4.90 Å². The highest BCUT2D eigenvalue weighted by atomic mass is 16.5. The Bertz CT molecular complexity index is 1280. The third kappa shape index (κ3) is 3.73. The van der Waals surface area contributed by atoms with Gasteiger partial charge in [0.1, 0.15) is 0 Å². The lowest BCUT2D eigenvalue weighted by Gasteiger charge is -2.27. The van der Waals surface area contributed by atoms with Crippen LogP contribution in [-0.2, 0) is 20.7 Å². The van der Waals surface area contributed by atoms with Crippen molar-refractivity contribution in [1.29, 1.82) is 0 Å². The number of esters is 1. The van der Waals surface area contributed by atoms with E-state index < -0.39 is 5.97 Å². The Kier molecular flexibility index (Phi) is 5.61. The van der Waals surface area contributed by atoms with E-state index in [9.17, 15) is 19.2 Å². The molecular weight excluding hydrogens is 432 g/mol. The van der Waals surface area contributed by atoms with Gasteiger partial charge in [-0.25, -0.2) is 0 Å². The first kappa shape index (κ1) is 21.8. The molecule has 3 aromatic carbocycles. The fourth-order valence-corrected chi connectivity index (χ4v) is 4.89. The number of ether oxygens (including phenoxy) is 1. The normalized spacial score (nSPS) is 16.7. The SMILES string of the molecule is CC1Cc2ccccc2N1C(=O)COC(=O)CCCN1C(=O)c2cccc3cccc(c23)C1=O. The zero-order valence-electron chi connectivity index (χ0n) is 18.8. The van der Waals surface area contributed by atoms with Gasteiger partial charge in [-0.15, -0.1) is 0 Å². The predicted octanol–water partition coefficient (Wildman–Crippen LogP) is 3.74. The lowest BCUT2D eigenvalue weighted by molar-refractivity contribution is -0.148. The van der Waals surface area contributed by atoms with Gasteiger partial charge in [0.15, 0.2) is 6.61 Å². The fraction of sp³-hybridized carbons (Fsp3) is 0.259. The number of benzene rings is 3. The number of imide groups is 1. The van der Waals surface area contributed by atoms with Crippen molar-refractivity contribution in [2.45, 2.75) is 32.2 Å². The van der Waals surface area contributed by atoms with Crippen LogP contribution in [0.15, 0.2) is 60.7 Å². The van der Waals surface area contributed by atoms with E-state index >= 15 is 0 Å². The molecule has 0 aliphatic carbocycles. The molecule has 0 fully saturated rings. The van der Waals surface area contributed by atoms with Gasteiger partial charge >= 0.3 is 5.97 Å². The summed E-state index contributed by atoms with van der Waals surface area (Å²) in [5.74, 6) is -1.52. The van der Waals surface area contributed by atoms with Crippen molar-refractivity contribution in [3.8, 4) is 0 Å². The molecule has 0 N–H and O–H groups in total. The van der Waals surface area contributed by atoms with Gasteiger partial charge in [0, 0.05) is 41.2 Å². The Hall–Kier alpha value is -4.00. The summed E-state index contributed by atoms with van der Waals surface area (Å²) in [5, 5.41) is 1.52. The Morgan fingerprint density at radius 1 is 0.941 bits per heavy atom. The monoisotopic (exact) mass is 456 g/mol. The van der Waals surface area contributed by atoms with Gasteiger partial charge in [-0.1, -0.05) is 42.5 Å². The van der Waals surface area contributed by atoms with Gasteiger partial charge in [0.05, 0.1) is 0 Å². The van der Waals surface area contributed by atoms with Gasteiger partial charge in [-0.2, -0.15) is 0 Å². The number of rotatable bonds is 6. The highest BCUT2D eigenvalue weighted by Gasteiger charge is 2.33. The van der Waals surface area contributed by atoms with E-state index in [2.05, 4.69) is 0 Å².